The number of amides is 3. The van der Waals surface area contributed by atoms with Crippen molar-refractivity contribution in [1.82, 2.24) is 20.4 Å². The minimum Gasteiger partial charge on any atom is -0.466 e. The Morgan fingerprint density at radius 3 is 2.38 bits per heavy atom. The molecule has 0 spiro atoms. The molecule has 0 radical (unpaired) electrons. The second kappa shape index (κ2) is 13.8. The Hall–Kier alpha value is -2.68. The summed E-state index contributed by atoms with van der Waals surface area (Å²) in [5.41, 5.74) is 0.231. The Morgan fingerprint density at radius 2 is 1.75 bits per heavy atom. The zero-order valence-electron chi connectivity index (χ0n) is 24.4. The molecule has 2 atom stereocenters. The van der Waals surface area contributed by atoms with Crippen LogP contribution in [0.2, 0.25) is 0 Å². The van der Waals surface area contributed by atoms with Gasteiger partial charge in [-0.25, -0.2) is 9.18 Å². The average Bonchev–Trinajstić information content (AvgIpc) is 2.98. The van der Waals surface area contributed by atoms with Gasteiger partial charge in [0.05, 0.1) is 12.0 Å². The topological polar surface area (TPSA) is 91.0 Å². The van der Waals surface area contributed by atoms with Crippen LogP contribution in [-0.2, 0) is 20.7 Å². The van der Waals surface area contributed by atoms with Crippen molar-refractivity contribution in [2.45, 2.75) is 84.2 Å². The Labute approximate surface area is 238 Å². The second-order valence-corrected chi connectivity index (χ2v) is 12.1. The molecule has 3 fully saturated rings. The first-order valence-electron chi connectivity index (χ1n) is 15.2. The Bertz CT molecular complexity index is 1000. The number of hydrogen-bond acceptors (Lipinski definition) is 5. The summed E-state index contributed by atoms with van der Waals surface area (Å²) in [6, 6.07) is 5.08. The van der Waals surface area contributed by atoms with E-state index in [1.807, 2.05) is 11.8 Å². The number of carbonyl (C=O) groups excluding carboxylic acids is 3. The lowest BCUT2D eigenvalue weighted by Crippen LogP contribution is -2.61. The predicted molar refractivity (Wildman–Crippen MR) is 152 cm³/mol. The molecule has 1 aliphatic carbocycles. The summed E-state index contributed by atoms with van der Waals surface area (Å²) < 4.78 is 19.2. The summed E-state index contributed by atoms with van der Waals surface area (Å²) in [5, 5.41) is 6.40. The van der Waals surface area contributed by atoms with Crippen molar-refractivity contribution >= 4 is 17.9 Å². The van der Waals surface area contributed by atoms with Crippen LogP contribution in [0.25, 0.3) is 0 Å². The number of ether oxygens (including phenoxy) is 1. The fraction of sp³-hybridized carbons (Fsp3) is 0.710. The SMILES string of the molecule is CCOC(=O)C1(C2CCCCC2)CCN(C(=O)[C@@H](Cc2ccc(F)cc2)NC(=O)N2CCNC[C@H]2C(C)C)CC1. The van der Waals surface area contributed by atoms with Crippen LogP contribution in [0.3, 0.4) is 0 Å². The third-order valence-corrected chi connectivity index (χ3v) is 9.30. The first kappa shape index (κ1) is 30.3. The van der Waals surface area contributed by atoms with E-state index in [0.29, 0.717) is 52.2 Å². The van der Waals surface area contributed by atoms with Crippen molar-refractivity contribution in [3.63, 3.8) is 0 Å². The molecule has 222 valence electrons. The fourth-order valence-corrected chi connectivity index (χ4v) is 6.92. The lowest BCUT2D eigenvalue weighted by atomic mass is 9.63. The molecule has 2 heterocycles. The van der Waals surface area contributed by atoms with E-state index < -0.39 is 11.5 Å². The predicted octanol–water partition coefficient (Wildman–Crippen LogP) is 4.13. The molecule has 4 rings (SSSR count). The Kier molecular flexibility index (Phi) is 10.4. The highest BCUT2D eigenvalue weighted by molar-refractivity contribution is 5.88. The van der Waals surface area contributed by atoms with Crippen LogP contribution in [0.5, 0.6) is 0 Å². The van der Waals surface area contributed by atoms with Crippen molar-refractivity contribution < 1.29 is 23.5 Å². The van der Waals surface area contributed by atoms with Crippen LogP contribution < -0.4 is 10.6 Å². The van der Waals surface area contributed by atoms with Gasteiger partial charge in [-0.2, -0.15) is 0 Å². The van der Waals surface area contributed by atoms with Crippen molar-refractivity contribution in [3.8, 4) is 0 Å². The summed E-state index contributed by atoms with van der Waals surface area (Å²) in [5.74, 6) is -0.0699. The standard InChI is InChI=1S/C31H47FN4O4/c1-4-40-29(38)31(24-8-6-5-7-9-24)14-17-35(18-15-31)28(37)26(20-23-10-12-25(32)13-11-23)34-30(39)36-19-16-33-21-27(36)22(2)3/h10-13,22,24,26-27,33H,4-9,14-21H2,1-3H3,(H,34,39)/t26-,27+/m1/s1. The summed E-state index contributed by atoms with van der Waals surface area (Å²) >= 11 is 0. The third-order valence-electron chi connectivity index (χ3n) is 9.30. The maximum absolute atomic E-state index is 14.0. The minimum atomic E-state index is -0.787. The molecule has 1 aromatic rings. The first-order chi connectivity index (χ1) is 19.2. The van der Waals surface area contributed by atoms with E-state index in [-0.39, 0.29) is 48.0 Å². The van der Waals surface area contributed by atoms with Gasteiger partial charge in [-0.15, -0.1) is 0 Å². The highest BCUT2D eigenvalue weighted by atomic mass is 19.1. The number of halogens is 1. The van der Waals surface area contributed by atoms with Crippen molar-refractivity contribution in [2.24, 2.45) is 17.3 Å². The van der Waals surface area contributed by atoms with E-state index in [1.165, 1.54) is 18.6 Å². The van der Waals surface area contributed by atoms with Gasteiger partial charge in [-0.3, -0.25) is 9.59 Å². The van der Waals surface area contributed by atoms with Gasteiger partial charge < -0.3 is 25.2 Å². The van der Waals surface area contributed by atoms with E-state index in [0.717, 1.165) is 31.2 Å². The van der Waals surface area contributed by atoms with Crippen LogP contribution in [0.1, 0.15) is 71.3 Å². The zero-order chi connectivity index (χ0) is 28.7. The van der Waals surface area contributed by atoms with Gasteiger partial charge in [0, 0.05) is 45.2 Å². The van der Waals surface area contributed by atoms with E-state index >= 15 is 0 Å². The number of likely N-dealkylation sites (tertiary alicyclic amines) is 1. The molecule has 2 saturated heterocycles. The molecule has 9 heteroatoms. The second-order valence-electron chi connectivity index (χ2n) is 12.1. The van der Waals surface area contributed by atoms with Crippen molar-refractivity contribution in [3.05, 3.63) is 35.6 Å². The smallest absolute Gasteiger partial charge is 0.318 e. The molecule has 0 unspecified atom stereocenters. The molecule has 0 bridgehead atoms. The van der Waals surface area contributed by atoms with Gasteiger partial charge in [-0.05, 0) is 62.1 Å². The largest absolute Gasteiger partial charge is 0.466 e. The molecule has 8 nitrogen and oxygen atoms in total. The zero-order valence-corrected chi connectivity index (χ0v) is 24.4. The fourth-order valence-electron chi connectivity index (χ4n) is 6.92. The number of carbonyl (C=O) groups is 3. The van der Waals surface area contributed by atoms with Gasteiger partial charge >= 0.3 is 12.0 Å². The minimum absolute atomic E-state index is 0.0333. The molecule has 2 N–H and O–H groups in total. The Balaban J connectivity index is 1.50. The third kappa shape index (κ3) is 6.96. The van der Waals surface area contributed by atoms with Crippen molar-refractivity contribution in [1.29, 1.82) is 0 Å². The number of hydrogen-bond donors (Lipinski definition) is 2. The summed E-state index contributed by atoms with van der Waals surface area (Å²) in [7, 11) is 0. The number of nitrogens with one attached hydrogen (secondary N) is 2. The maximum Gasteiger partial charge on any atom is 0.318 e. The summed E-state index contributed by atoms with van der Waals surface area (Å²) in [6.45, 7) is 9.27. The molecular formula is C31H47FN4O4. The van der Waals surface area contributed by atoms with Gasteiger partial charge in [0.25, 0.3) is 0 Å². The van der Waals surface area contributed by atoms with Gasteiger partial charge in [0.15, 0.2) is 0 Å². The number of rotatable bonds is 8. The summed E-state index contributed by atoms with van der Waals surface area (Å²) in [6.07, 6.45) is 6.93. The molecule has 3 amide bonds. The molecule has 1 aromatic carbocycles. The number of piperazine rings is 1. The number of benzene rings is 1. The lowest BCUT2D eigenvalue weighted by Gasteiger charge is -2.46. The quantitative estimate of drug-likeness (QED) is 0.469. The molecule has 40 heavy (non-hydrogen) atoms. The lowest BCUT2D eigenvalue weighted by molar-refractivity contribution is -0.166. The number of piperidine rings is 1. The number of nitrogens with zero attached hydrogens (tertiary/aromatic N) is 2. The highest BCUT2D eigenvalue weighted by Gasteiger charge is 2.49. The monoisotopic (exact) mass is 558 g/mol. The average molecular weight is 559 g/mol. The molecule has 1 saturated carbocycles. The highest BCUT2D eigenvalue weighted by Crippen LogP contribution is 2.47. The van der Waals surface area contributed by atoms with E-state index in [4.69, 9.17) is 4.74 Å². The van der Waals surface area contributed by atoms with Crippen LogP contribution in [0.15, 0.2) is 24.3 Å². The van der Waals surface area contributed by atoms with Crippen LogP contribution in [-0.4, -0.2) is 79.1 Å². The van der Waals surface area contributed by atoms with Crippen LogP contribution in [0.4, 0.5) is 9.18 Å². The molecule has 2 aliphatic heterocycles. The maximum atomic E-state index is 14.0. The molecular weight excluding hydrogens is 511 g/mol. The first-order valence-corrected chi connectivity index (χ1v) is 15.2. The van der Waals surface area contributed by atoms with E-state index in [9.17, 15) is 18.8 Å². The molecule has 0 aromatic heterocycles. The molecule has 3 aliphatic rings. The number of esters is 1. The normalized spacial score (nSPS) is 22.6. The van der Waals surface area contributed by atoms with E-state index in [2.05, 4.69) is 24.5 Å². The van der Waals surface area contributed by atoms with Gasteiger partial charge in [0.2, 0.25) is 5.91 Å². The van der Waals surface area contributed by atoms with Gasteiger partial charge in [0.1, 0.15) is 11.9 Å². The van der Waals surface area contributed by atoms with Gasteiger partial charge in [-0.1, -0.05) is 45.2 Å². The number of urea groups is 1. The van der Waals surface area contributed by atoms with Crippen molar-refractivity contribution in [2.75, 3.05) is 39.3 Å². The Morgan fingerprint density at radius 1 is 1.07 bits per heavy atom. The van der Waals surface area contributed by atoms with Crippen LogP contribution >= 0.6 is 0 Å². The van der Waals surface area contributed by atoms with Crippen LogP contribution in [0, 0.1) is 23.1 Å². The summed E-state index contributed by atoms with van der Waals surface area (Å²) in [4.78, 5) is 44.4. The van der Waals surface area contributed by atoms with E-state index in [1.54, 1.807) is 17.0 Å².